The van der Waals surface area contributed by atoms with Gasteiger partial charge in [0.05, 0.1) is 5.75 Å². The van der Waals surface area contributed by atoms with Gasteiger partial charge >= 0.3 is 0 Å². The molecule has 0 amide bonds. The molecule has 0 aliphatic rings. The molecule has 1 aromatic carbocycles. The van der Waals surface area contributed by atoms with Crippen LogP contribution in [0.4, 0.5) is 0 Å². The van der Waals surface area contributed by atoms with E-state index < -0.39 is 10.0 Å². The summed E-state index contributed by atoms with van der Waals surface area (Å²) >= 11 is 0. The number of unbranched alkanes of at least 4 members (excludes halogenated alkanes) is 1. The van der Waals surface area contributed by atoms with Crippen molar-refractivity contribution in [2.24, 2.45) is 0 Å². The quantitative estimate of drug-likeness (QED) is 0.818. The van der Waals surface area contributed by atoms with Crippen LogP contribution in [0.15, 0.2) is 30.5 Å². The third-order valence-corrected chi connectivity index (χ3v) is 4.59. The lowest BCUT2D eigenvalue weighted by atomic mass is 10.1. The molecule has 104 valence electrons. The van der Waals surface area contributed by atoms with E-state index in [2.05, 4.69) is 15.8 Å². The average molecular weight is 280 g/mol. The van der Waals surface area contributed by atoms with Crippen LogP contribution in [0, 0.1) is 0 Å². The Morgan fingerprint density at radius 3 is 2.89 bits per heavy atom. The fourth-order valence-electron chi connectivity index (χ4n) is 2.02. The number of sulfonamides is 1. The summed E-state index contributed by atoms with van der Waals surface area (Å²) in [5.41, 5.74) is 2.25. The molecule has 2 aromatic rings. The molecule has 0 unspecified atom stereocenters. The number of hydrogen-bond acceptors (Lipinski definition) is 2. The molecule has 4 nitrogen and oxygen atoms in total. The molecule has 0 bridgehead atoms. The minimum absolute atomic E-state index is 0.223. The van der Waals surface area contributed by atoms with Gasteiger partial charge in [-0.1, -0.05) is 19.4 Å². The van der Waals surface area contributed by atoms with Gasteiger partial charge in [0.2, 0.25) is 10.0 Å². The van der Waals surface area contributed by atoms with Gasteiger partial charge in [-0.3, -0.25) is 0 Å². The predicted octanol–water partition coefficient (Wildman–Crippen LogP) is 2.43. The van der Waals surface area contributed by atoms with Crippen molar-refractivity contribution >= 4 is 20.9 Å². The first kappa shape index (κ1) is 14.1. The Kier molecular flexibility index (Phi) is 4.61. The van der Waals surface area contributed by atoms with E-state index in [1.165, 1.54) is 0 Å². The molecule has 0 fully saturated rings. The van der Waals surface area contributed by atoms with E-state index in [0.29, 0.717) is 19.4 Å². The molecule has 0 saturated carbocycles. The van der Waals surface area contributed by atoms with Gasteiger partial charge in [0, 0.05) is 18.3 Å². The zero-order chi connectivity index (χ0) is 13.7. The number of rotatable bonds is 7. The van der Waals surface area contributed by atoms with E-state index in [4.69, 9.17) is 0 Å². The van der Waals surface area contributed by atoms with Gasteiger partial charge in [0.25, 0.3) is 0 Å². The van der Waals surface area contributed by atoms with Crippen molar-refractivity contribution < 1.29 is 8.42 Å². The van der Waals surface area contributed by atoms with Crippen LogP contribution in [0.3, 0.4) is 0 Å². The largest absolute Gasteiger partial charge is 0.361 e. The Bertz CT molecular complexity index is 632. The first-order chi connectivity index (χ1) is 9.11. The minimum atomic E-state index is -3.10. The molecule has 0 spiro atoms. The summed E-state index contributed by atoms with van der Waals surface area (Å²) < 4.78 is 25.9. The number of benzene rings is 1. The topological polar surface area (TPSA) is 62.0 Å². The van der Waals surface area contributed by atoms with Crippen molar-refractivity contribution in [1.82, 2.24) is 9.71 Å². The Morgan fingerprint density at radius 1 is 1.26 bits per heavy atom. The molecule has 0 radical (unpaired) electrons. The van der Waals surface area contributed by atoms with Gasteiger partial charge in [-0.05, 0) is 42.0 Å². The molecule has 1 heterocycles. The molecule has 0 atom stereocenters. The van der Waals surface area contributed by atoms with Crippen LogP contribution in [0.2, 0.25) is 0 Å². The fraction of sp³-hybridized carbons (Fsp3) is 0.429. The fourth-order valence-corrected chi connectivity index (χ4v) is 3.24. The molecule has 0 saturated heterocycles. The maximum Gasteiger partial charge on any atom is 0.211 e. The van der Waals surface area contributed by atoms with Gasteiger partial charge in [-0.2, -0.15) is 0 Å². The smallest absolute Gasteiger partial charge is 0.211 e. The maximum absolute atomic E-state index is 11.6. The SMILES string of the molecule is CCCCS(=O)(=O)NCCc1ccc2[nH]ccc2c1. The lowest BCUT2D eigenvalue weighted by Gasteiger charge is -2.06. The molecule has 1 aromatic heterocycles. The van der Waals surface area contributed by atoms with Crippen molar-refractivity contribution in [2.75, 3.05) is 12.3 Å². The van der Waals surface area contributed by atoms with E-state index in [0.717, 1.165) is 22.9 Å². The highest BCUT2D eigenvalue weighted by Gasteiger charge is 2.08. The second kappa shape index (κ2) is 6.21. The summed E-state index contributed by atoms with van der Waals surface area (Å²) in [6.07, 6.45) is 4.23. The van der Waals surface area contributed by atoms with Crippen LogP contribution in [0.1, 0.15) is 25.3 Å². The summed E-state index contributed by atoms with van der Waals surface area (Å²) in [5.74, 6) is 0.223. The summed E-state index contributed by atoms with van der Waals surface area (Å²) in [5, 5.41) is 1.16. The van der Waals surface area contributed by atoms with E-state index in [-0.39, 0.29) is 5.75 Å². The molecule has 2 N–H and O–H groups in total. The third-order valence-electron chi connectivity index (χ3n) is 3.12. The van der Waals surface area contributed by atoms with Gasteiger partial charge < -0.3 is 4.98 Å². The highest BCUT2D eigenvalue weighted by Crippen LogP contribution is 2.14. The molecule has 5 heteroatoms. The second-order valence-corrected chi connectivity index (χ2v) is 6.64. The van der Waals surface area contributed by atoms with Crippen molar-refractivity contribution in [3.8, 4) is 0 Å². The number of fused-ring (bicyclic) bond motifs is 1. The highest BCUT2D eigenvalue weighted by atomic mass is 32.2. The van der Waals surface area contributed by atoms with E-state index in [1.807, 2.05) is 31.3 Å². The van der Waals surface area contributed by atoms with Crippen LogP contribution < -0.4 is 4.72 Å². The summed E-state index contributed by atoms with van der Waals surface area (Å²) in [6.45, 7) is 2.45. The number of aromatic amines is 1. The van der Waals surface area contributed by atoms with Crippen molar-refractivity contribution in [2.45, 2.75) is 26.2 Å². The lowest BCUT2D eigenvalue weighted by Crippen LogP contribution is -2.28. The molecule has 2 rings (SSSR count). The van der Waals surface area contributed by atoms with Gasteiger partial charge in [-0.15, -0.1) is 0 Å². The first-order valence-corrected chi connectivity index (χ1v) is 8.29. The normalized spacial score (nSPS) is 12.1. The summed E-state index contributed by atoms with van der Waals surface area (Å²) in [4.78, 5) is 3.14. The number of aromatic nitrogens is 1. The third kappa shape index (κ3) is 4.08. The maximum atomic E-state index is 11.6. The predicted molar refractivity (Wildman–Crippen MR) is 78.7 cm³/mol. The van der Waals surface area contributed by atoms with Crippen molar-refractivity contribution in [1.29, 1.82) is 0 Å². The first-order valence-electron chi connectivity index (χ1n) is 6.64. The van der Waals surface area contributed by atoms with E-state index in [9.17, 15) is 8.42 Å². The average Bonchev–Trinajstić information content (AvgIpc) is 2.83. The van der Waals surface area contributed by atoms with Gasteiger partial charge in [0.15, 0.2) is 0 Å². The Balaban J connectivity index is 1.88. The van der Waals surface area contributed by atoms with Crippen LogP contribution in [-0.2, 0) is 16.4 Å². The van der Waals surface area contributed by atoms with Gasteiger partial charge in [0.1, 0.15) is 0 Å². The monoisotopic (exact) mass is 280 g/mol. The standard InChI is InChI=1S/C14H20N2O2S/c1-2-3-10-19(17,18)16-9-6-12-4-5-14-13(11-12)7-8-15-14/h4-5,7-8,11,15-16H,2-3,6,9-10H2,1H3. The summed E-state index contributed by atoms with van der Waals surface area (Å²) in [6, 6.07) is 8.16. The number of H-pyrrole nitrogens is 1. The minimum Gasteiger partial charge on any atom is -0.361 e. The molecule has 0 aliphatic heterocycles. The van der Waals surface area contributed by atoms with Crippen molar-refractivity contribution in [3.05, 3.63) is 36.0 Å². The van der Waals surface area contributed by atoms with Gasteiger partial charge in [-0.25, -0.2) is 13.1 Å². The molecular formula is C14H20N2O2S. The summed E-state index contributed by atoms with van der Waals surface area (Å²) in [7, 11) is -3.10. The van der Waals surface area contributed by atoms with E-state index in [1.54, 1.807) is 0 Å². The van der Waals surface area contributed by atoms with Crippen molar-refractivity contribution in [3.63, 3.8) is 0 Å². The number of hydrogen-bond donors (Lipinski definition) is 2. The van der Waals surface area contributed by atoms with Crippen LogP contribution in [0.5, 0.6) is 0 Å². The van der Waals surface area contributed by atoms with Crippen LogP contribution >= 0.6 is 0 Å². The molecular weight excluding hydrogens is 260 g/mol. The zero-order valence-corrected chi connectivity index (χ0v) is 12.0. The second-order valence-electron chi connectivity index (χ2n) is 4.72. The molecule has 0 aliphatic carbocycles. The zero-order valence-electron chi connectivity index (χ0n) is 11.1. The highest BCUT2D eigenvalue weighted by molar-refractivity contribution is 7.89. The Labute approximate surface area is 114 Å². The van der Waals surface area contributed by atoms with E-state index >= 15 is 0 Å². The van der Waals surface area contributed by atoms with Crippen LogP contribution in [-0.4, -0.2) is 25.7 Å². The van der Waals surface area contributed by atoms with Crippen LogP contribution in [0.25, 0.3) is 10.9 Å². The number of nitrogens with one attached hydrogen (secondary N) is 2. The lowest BCUT2D eigenvalue weighted by molar-refractivity contribution is 0.578. The molecule has 19 heavy (non-hydrogen) atoms. The Morgan fingerprint density at radius 2 is 2.11 bits per heavy atom. The Hall–Kier alpha value is -1.33.